The Hall–Kier alpha value is -0.336. The van der Waals surface area contributed by atoms with E-state index >= 15 is 0 Å². The Morgan fingerprint density at radius 1 is 1.16 bits per heavy atom. The summed E-state index contributed by atoms with van der Waals surface area (Å²) < 4.78 is 1.42. The predicted octanol–water partition coefficient (Wildman–Crippen LogP) is -2.16. The van der Waals surface area contributed by atoms with Crippen LogP contribution in [0.5, 0.6) is 5.75 Å². The maximum absolute atomic E-state index is 8.63. The summed E-state index contributed by atoms with van der Waals surface area (Å²) in [7, 11) is 0. The van der Waals surface area contributed by atoms with Gasteiger partial charge in [0, 0.05) is 0 Å². The van der Waals surface area contributed by atoms with Crippen LogP contribution in [0.2, 0.25) is 0 Å². The Labute approximate surface area is 140 Å². The van der Waals surface area contributed by atoms with Crippen LogP contribution in [-0.4, -0.2) is 8.92 Å². The average molecular weight is 334 g/mol. The Morgan fingerprint density at radius 3 is 1.79 bits per heavy atom. The first-order valence-corrected chi connectivity index (χ1v) is 6.30. The van der Waals surface area contributed by atoms with Gasteiger partial charge in [-0.2, -0.15) is 6.08 Å². The van der Waals surface area contributed by atoms with Gasteiger partial charge in [-0.05, 0) is 12.1 Å². The van der Waals surface area contributed by atoms with Crippen molar-refractivity contribution < 1.29 is 49.9 Å². The minimum absolute atomic E-state index is 0. The van der Waals surface area contributed by atoms with Gasteiger partial charge in [-0.25, -0.2) is 11.6 Å². The second kappa shape index (κ2) is 15.7. The summed E-state index contributed by atoms with van der Waals surface area (Å²) in [5.41, 5.74) is 1.27. The summed E-state index contributed by atoms with van der Waals surface area (Å²) >= 11 is 2.08. The van der Waals surface area contributed by atoms with Crippen LogP contribution >= 0.6 is 0 Å². The van der Waals surface area contributed by atoms with E-state index in [1.165, 1.54) is 9.38 Å². The van der Waals surface area contributed by atoms with Crippen molar-refractivity contribution in [1.29, 1.82) is 0 Å². The Balaban J connectivity index is -0.000000199. The zero-order valence-corrected chi connectivity index (χ0v) is 14.5. The number of hydrogen-bond donors (Lipinski definition) is 1. The molecule has 0 spiro atoms. The fourth-order valence-corrected chi connectivity index (χ4v) is 0.943. The number of phenolic OH excluding ortho intramolecular Hbond substituents is 1. The van der Waals surface area contributed by atoms with E-state index in [2.05, 4.69) is 59.0 Å². The van der Waals surface area contributed by atoms with Gasteiger partial charge in [-0.3, -0.25) is 6.08 Å². The van der Waals surface area contributed by atoms with Crippen molar-refractivity contribution in [3.8, 4) is 5.75 Å². The van der Waals surface area contributed by atoms with Crippen LogP contribution in [0, 0.1) is 6.08 Å². The molecule has 2 rings (SSSR count). The van der Waals surface area contributed by atoms with Gasteiger partial charge in [0.05, 0.1) is 0 Å². The number of rotatable bonds is 0. The number of hydrogen-bond acceptors (Lipinski definition) is 1. The summed E-state index contributed by atoms with van der Waals surface area (Å²) in [5.74, 6) is 0.322. The van der Waals surface area contributed by atoms with Gasteiger partial charge in [0.2, 0.25) is 0 Å². The largest absolute Gasteiger partial charge is 1.00 e. The van der Waals surface area contributed by atoms with E-state index in [0.717, 1.165) is 6.42 Å². The first kappa shape index (κ1) is 23.7. The topological polar surface area (TPSA) is 20.2 Å². The molecule has 0 radical (unpaired) electrons. The molecule has 19 heavy (non-hydrogen) atoms. The normalized spacial score (nSPS) is 10.5. The van der Waals surface area contributed by atoms with Crippen LogP contribution < -0.4 is 24.8 Å². The van der Waals surface area contributed by atoms with Crippen LogP contribution in [0.1, 0.15) is 27.2 Å². The standard InChI is InChI=1S/C6H6O.C6H7.C3H6.2ClH.Ti/c7-6-4-2-1-3-5-6;1-6-4-2-3-5-6;1-3-2;;;/h1-5,7H;2,4H,3H2,1H3;1-2H3;2*1H;/q;-1;;;;+1/p-2. The van der Waals surface area contributed by atoms with Crippen molar-refractivity contribution in [3.63, 3.8) is 0 Å². The fraction of sp³-hybridized carbons (Fsp3) is 0.267. The molecule has 0 saturated heterocycles. The zero-order valence-electron chi connectivity index (χ0n) is 11.5. The number of para-hydroxylation sites is 1. The van der Waals surface area contributed by atoms with Crippen LogP contribution in [0.4, 0.5) is 0 Å². The van der Waals surface area contributed by atoms with Crippen molar-refractivity contribution in [2.24, 2.45) is 0 Å². The Bertz CT molecular complexity index is 380. The van der Waals surface area contributed by atoms with Gasteiger partial charge >= 0.3 is 37.6 Å². The van der Waals surface area contributed by atoms with Gasteiger partial charge < -0.3 is 29.9 Å². The van der Waals surface area contributed by atoms with Crippen molar-refractivity contribution in [2.75, 3.05) is 0 Å². The molecular formula is C15H19Cl2OTi-2. The monoisotopic (exact) mass is 333 g/mol. The molecule has 0 amide bonds. The third-order valence-electron chi connectivity index (χ3n) is 1.62. The molecule has 0 atom stereocenters. The van der Waals surface area contributed by atoms with Gasteiger partial charge in [-0.15, -0.1) is 6.42 Å². The number of aromatic hydroxyl groups is 1. The molecule has 1 aromatic rings. The first-order chi connectivity index (χ1) is 8.02. The van der Waals surface area contributed by atoms with E-state index in [9.17, 15) is 0 Å². The second-order valence-corrected chi connectivity index (χ2v) is 5.36. The molecule has 1 aliphatic rings. The van der Waals surface area contributed by atoms with E-state index in [1.54, 1.807) is 24.3 Å². The summed E-state index contributed by atoms with van der Waals surface area (Å²) in [5, 5.41) is 8.63. The number of benzene rings is 1. The first-order valence-electron chi connectivity index (χ1n) is 5.52. The van der Waals surface area contributed by atoms with Crippen molar-refractivity contribution >= 4 is 3.81 Å². The fourth-order valence-electron chi connectivity index (χ4n) is 0.943. The van der Waals surface area contributed by atoms with Gasteiger partial charge in [0.1, 0.15) is 5.75 Å². The van der Waals surface area contributed by atoms with Gasteiger partial charge in [-0.1, -0.05) is 25.1 Å². The molecule has 105 valence electrons. The van der Waals surface area contributed by atoms with E-state index in [1.807, 2.05) is 6.07 Å². The quantitative estimate of drug-likeness (QED) is 0.424. The summed E-state index contributed by atoms with van der Waals surface area (Å²) in [6.07, 6.45) is 8.33. The van der Waals surface area contributed by atoms with Crippen LogP contribution in [0.15, 0.2) is 48.1 Å². The molecule has 0 fully saturated rings. The zero-order chi connectivity index (χ0) is 13.1. The molecule has 1 N–H and O–H groups in total. The smallest absolute Gasteiger partial charge is 0.115 e. The molecule has 1 aliphatic carbocycles. The number of allylic oxidation sites excluding steroid dienone is 4. The SMILES string of the molecule is CC1=[C-]CC=C1.C[C](C)=[Ti+].Oc1ccccc1.[Cl-].[Cl-]. The molecule has 1 aromatic carbocycles. The molecular weight excluding hydrogens is 315 g/mol. The molecule has 4 heteroatoms. The van der Waals surface area contributed by atoms with Gasteiger partial charge in [0.25, 0.3) is 0 Å². The summed E-state index contributed by atoms with van der Waals surface area (Å²) in [4.78, 5) is 0. The summed E-state index contributed by atoms with van der Waals surface area (Å²) in [6.45, 7) is 6.23. The van der Waals surface area contributed by atoms with E-state index < -0.39 is 0 Å². The average Bonchev–Trinajstić information content (AvgIpc) is 2.70. The number of phenols is 1. The maximum atomic E-state index is 8.63. The van der Waals surface area contributed by atoms with Crippen LogP contribution in [0.3, 0.4) is 0 Å². The minimum atomic E-state index is 0. The molecule has 0 bridgehead atoms. The van der Waals surface area contributed by atoms with Crippen molar-refractivity contribution in [2.45, 2.75) is 27.2 Å². The van der Waals surface area contributed by atoms with Crippen LogP contribution in [0.25, 0.3) is 0 Å². The molecule has 0 unspecified atom stereocenters. The Morgan fingerprint density at radius 2 is 1.63 bits per heavy atom. The summed E-state index contributed by atoms with van der Waals surface area (Å²) in [6, 6.07) is 8.71. The molecule has 0 heterocycles. The molecule has 0 aliphatic heterocycles. The van der Waals surface area contributed by atoms with E-state index in [-0.39, 0.29) is 24.8 Å². The molecule has 0 saturated carbocycles. The van der Waals surface area contributed by atoms with E-state index in [0.29, 0.717) is 5.75 Å². The second-order valence-electron chi connectivity index (χ2n) is 3.80. The van der Waals surface area contributed by atoms with Crippen molar-refractivity contribution in [1.82, 2.24) is 0 Å². The van der Waals surface area contributed by atoms with E-state index in [4.69, 9.17) is 5.11 Å². The van der Waals surface area contributed by atoms with Crippen molar-refractivity contribution in [3.05, 3.63) is 54.1 Å². The van der Waals surface area contributed by atoms with Crippen LogP contribution in [-0.2, 0) is 20.0 Å². The predicted molar refractivity (Wildman–Crippen MR) is 70.6 cm³/mol. The molecule has 1 nitrogen and oxygen atoms in total. The third-order valence-corrected chi connectivity index (χ3v) is 1.62. The van der Waals surface area contributed by atoms with Gasteiger partial charge in [0.15, 0.2) is 0 Å². The molecule has 0 aromatic heterocycles. The Kier molecular flexibility index (Phi) is 19.6. The number of halogens is 2. The third kappa shape index (κ3) is 20.2. The minimum Gasteiger partial charge on any atom is -1.00 e. The maximum Gasteiger partial charge on any atom is 0.115 e.